The average Bonchev–Trinajstić information content (AvgIpc) is 2.08. The quantitative estimate of drug-likeness (QED) is 0.644. The molecule has 0 spiro atoms. The van der Waals surface area contributed by atoms with E-state index in [9.17, 15) is 4.79 Å². The van der Waals surface area contributed by atoms with Gasteiger partial charge in [-0.15, -0.1) is 0 Å². The summed E-state index contributed by atoms with van der Waals surface area (Å²) in [4.78, 5) is 13.4. The van der Waals surface area contributed by atoms with Gasteiger partial charge in [-0.25, -0.2) is 0 Å². The SMILES string of the molecule is CC(=O)C(C)N1CC(C)OCC1C. The van der Waals surface area contributed by atoms with Gasteiger partial charge in [-0.2, -0.15) is 0 Å². The predicted molar refractivity (Wildman–Crippen MR) is 51.7 cm³/mol. The molecule has 3 unspecified atom stereocenters. The molecule has 1 saturated heterocycles. The van der Waals surface area contributed by atoms with Gasteiger partial charge in [0.2, 0.25) is 0 Å². The van der Waals surface area contributed by atoms with Gasteiger partial charge in [0.15, 0.2) is 0 Å². The van der Waals surface area contributed by atoms with Gasteiger partial charge >= 0.3 is 0 Å². The van der Waals surface area contributed by atoms with Gasteiger partial charge in [-0.05, 0) is 27.7 Å². The van der Waals surface area contributed by atoms with E-state index in [2.05, 4.69) is 11.8 Å². The molecule has 1 fully saturated rings. The Bertz CT molecular complexity index is 193. The molecule has 0 amide bonds. The number of morpholine rings is 1. The molecule has 13 heavy (non-hydrogen) atoms. The standard InChI is InChI=1S/C10H19NO2/c1-7-6-13-8(2)5-11(7)9(3)10(4)12/h7-9H,5-6H2,1-4H3. The Hall–Kier alpha value is -0.410. The molecular weight excluding hydrogens is 166 g/mol. The van der Waals surface area contributed by atoms with Crippen molar-refractivity contribution >= 4 is 5.78 Å². The maximum atomic E-state index is 11.2. The van der Waals surface area contributed by atoms with Crippen molar-refractivity contribution in [3.8, 4) is 0 Å². The van der Waals surface area contributed by atoms with Crippen LogP contribution in [0.1, 0.15) is 27.7 Å². The van der Waals surface area contributed by atoms with Crippen LogP contribution < -0.4 is 0 Å². The number of carbonyl (C=O) groups is 1. The molecule has 1 heterocycles. The van der Waals surface area contributed by atoms with Gasteiger partial charge in [0, 0.05) is 12.6 Å². The van der Waals surface area contributed by atoms with Crippen LogP contribution in [0.25, 0.3) is 0 Å². The normalized spacial score (nSPS) is 32.9. The zero-order valence-electron chi connectivity index (χ0n) is 8.91. The van der Waals surface area contributed by atoms with Crippen LogP contribution in [0, 0.1) is 0 Å². The fourth-order valence-corrected chi connectivity index (χ4v) is 1.70. The van der Waals surface area contributed by atoms with Crippen molar-refractivity contribution in [2.24, 2.45) is 0 Å². The molecule has 3 atom stereocenters. The highest BCUT2D eigenvalue weighted by Gasteiger charge is 2.28. The highest BCUT2D eigenvalue weighted by molar-refractivity contribution is 5.81. The molecular formula is C10H19NO2. The molecule has 1 aliphatic rings. The third kappa shape index (κ3) is 2.51. The average molecular weight is 185 g/mol. The summed E-state index contributed by atoms with van der Waals surface area (Å²) in [6.45, 7) is 9.37. The first-order valence-electron chi connectivity index (χ1n) is 4.90. The van der Waals surface area contributed by atoms with Gasteiger partial charge in [-0.3, -0.25) is 9.69 Å². The van der Waals surface area contributed by atoms with Crippen LogP contribution in [-0.4, -0.2) is 42.0 Å². The van der Waals surface area contributed by atoms with E-state index in [1.165, 1.54) is 0 Å². The first kappa shape index (κ1) is 10.7. The molecule has 0 bridgehead atoms. The number of ketones is 1. The van der Waals surface area contributed by atoms with E-state index in [-0.39, 0.29) is 17.9 Å². The summed E-state index contributed by atoms with van der Waals surface area (Å²) >= 11 is 0. The minimum Gasteiger partial charge on any atom is -0.376 e. The van der Waals surface area contributed by atoms with E-state index in [0.29, 0.717) is 6.04 Å². The molecule has 0 aromatic rings. The van der Waals surface area contributed by atoms with Crippen LogP contribution in [0.2, 0.25) is 0 Å². The van der Waals surface area contributed by atoms with Crippen LogP contribution in [0.4, 0.5) is 0 Å². The summed E-state index contributed by atoms with van der Waals surface area (Å²) in [5.41, 5.74) is 0. The number of rotatable bonds is 2. The Morgan fingerprint density at radius 2 is 2.15 bits per heavy atom. The third-order valence-electron chi connectivity index (χ3n) is 2.74. The van der Waals surface area contributed by atoms with Gasteiger partial charge in [-0.1, -0.05) is 0 Å². The van der Waals surface area contributed by atoms with Crippen molar-refractivity contribution in [2.45, 2.75) is 45.9 Å². The zero-order valence-corrected chi connectivity index (χ0v) is 8.91. The van der Waals surface area contributed by atoms with Crippen LogP contribution in [0.15, 0.2) is 0 Å². The summed E-state index contributed by atoms with van der Waals surface area (Å²) in [6, 6.07) is 0.386. The summed E-state index contributed by atoms with van der Waals surface area (Å²) in [7, 11) is 0. The largest absolute Gasteiger partial charge is 0.376 e. The number of Topliss-reactive ketones (excluding diaryl/α,β-unsaturated/α-hetero) is 1. The Kier molecular flexibility index (Phi) is 3.45. The Morgan fingerprint density at radius 3 is 2.69 bits per heavy atom. The van der Waals surface area contributed by atoms with E-state index < -0.39 is 0 Å². The maximum Gasteiger partial charge on any atom is 0.146 e. The summed E-state index contributed by atoms with van der Waals surface area (Å²) < 4.78 is 5.50. The van der Waals surface area contributed by atoms with Gasteiger partial charge in [0.05, 0.1) is 18.8 Å². The molecule has 3 heteroatoms. The fraction of sp³-hybridized carbons (Fsp3) is 0.900. The molecule has 0 aliphatic carbocycles. The first-order chi connectivity index (χ1) is 6.02. The van der Waals surface area contributed by atoms with Crippen LogP contribution in [0.3, 0.4) is 0 Å². The summed E-state index contributed by atoms with van der Waals surface area (Å²) in [5, 5.41) is 0. The lowest BCUT2D eigenvalue weighted by Gasteiger charge is -2.39. The summed E-state index contributed by atoms with van der Waals surface area (Å²) in [5.74, 6) is 0.237. The zero-order chi connectivity index (χ0) is 10.0. The summed E-state index contributed by atoms with van der Waals surface area (Å²) in [6.07, 6.45) is 0.248. The van der Waals surface area contributed by atoms with E-state index in [1.807, 2.05) is 13.8 Å². The van der Waals surface area contributed by atoms with Crippen molar-refractivity contribution in [1.82, 2.24) is 4.90 Å². The van der Waals surface area contributed by atoms with Gasteiger partial charge in [0.1, 0.15) is 5.78 Å². The molecule has 0 aromatic carbocycles. The maximum absolute atomic E-state index is 11.2. The number of hydrogen-bond donors (Lipinski definition) is 0. The van der Waals surface area contributed by atoms with Crippen molar-refractivity contribution in [3.63, 3.8) is 0 Å². The number of hydrogen-bond acceptors (Lipinski definition) is 3. The van der Waals surface area contributed by atoms with E-state index in [4.69, 9.17) is 4.74 Å². The molecule has 0 N–H and O–H groups in total. The van der Waals surface area contributed by atoms with Crippen LogP contribution >= 0.6 is 0 Å². The van der Waals surface area contributed by atoms with E-state index >= 15 is 0 Å². The second-order valence-electron chi connectivity index (χ2n) is 3.98. The Balaban J connectivity index is 2.60. The van der Waals surface area contributed by atoms with Crippen molar-refractivity contribution < 1.29 is 9.53 Å². The molecule has 1 rings (SSSR count). The van der Waals surface area contributed by atoms with Gasteiger partial charge in [0.25, 0.3) is 0 Å². The molecule has 3 nitrogen and oxygen atoms in total. The highest BCUT2D eigenvalue weighted by Crippen LogP contribution is 2.14. The molecule has 0 radical (unpaired) electrons. The van der Waals surface area contributed by atoms with Crippen molar-refractivity contribution in [2.75, 3.05) is 13.2 Å². The second kappa shape index (κ2) is 4.20. The Labute approximate surface area is 80.1 Å². The lowest BCUT2D eigenvalue weighted by molar-refractivity contribution is -0.127. The third-order valence-corrected chi connectivity index (χ3v) is 2.74. The van der Waals surface area contributed by atoms with Crippen LogP contribution in [-0.2, 0) is 9.53 Å². The molecule has 0 saturated carbocycles. The lowest BCUT2D eigenvalue weighted by Crippen LogP contribution is -2.53. The monoisotopic (exact) mass is 185 g/mol. The van der Waals surface area contributed by atoms with Gasteiger partial charge < -0.3 is 4.74 Å². The molecule has 0 aromatic heterocycles. The van der Waals surface area contributed by atoms with Crippen LogP contribution in [0.5, 0.6) is 0 Å². The first-order valence-corrected chi connectivity index (χ1v) is 4.90. The van der Waals surface area contributed by atoms with Crippen molar-refractivity contribution in [3.05, 3.63) is 0 Å². The smallest absolute Gasteiger partial charge is 0.146 e. The van der Waals surface area contributed by atoms with E-state index in [0.717, 1.165) is 13.2 Å². The van der Waals surface area contributed by atoms with E-state index in [1.54, 1.807) is 6.92 Å². The molecule has 76 valence electrons. The minimum atomic E-state index is 0.0290. The topological polar surface area (TPSA) is 29.5 Å². The predicted octanol–water partition coefficient (Wildman–Crippen LogP) is 1.07. The van der Waals surface area contributed by atoms with Crippen molar-refractivity contribution in [1.29, 1.82) is 0 Å². The highest BCUT2D eigenvalue weighted by atomic mass is 16.5. The number of carbonyl (C=O) groups excluding carboxylic acids is 1. The number of nitrogens with zero attached hydrogens (tertiary/aromatic N) is 1. The molecule has 1 aliphatic heterocycles. The minimum absolute atomic E-state index is 0.0290. The lowest BCUT2D eigenvalue weighted by atomic mass is 10.1. The number of ether oxygens (including phenoxy) is 1. The Morgan fingerprint density at radius 1 is 1.54 bits per heavy atom. The second-order valence-corrected chi connectivity index (χ2v) is 3.98. The fourth-order valence-electron chi connectivity index (χ4n) is 1.70.